The lowest BCUT2D eigenvalue weighted by Gasteiger charge is -2.40. The maximum atomic E-state index is 10.3. The first-order valence-electron chi connectivity index (χ1n) is 9.25. The fourth-order valence-corrected chi connectivity index (χ4v) is 3.56. The van der Waals surface area contributed by atoms with Gasteiger partial charge in [0.05, 0.1) is 13.2 Å². The Morgan fingerprint density at radius 3 is 2.36 bits per heavy atom. The van der Waals surface area contributed by atoms with Crippen LogP contribution in [0.3, 0.4) is 0 Å². The molecule has 1 aliphatic heterocycles. The van der Waals surface area contributed by atoms with Gasteiger partial charge in [-0.15, -0.1) is 0 Å². The van der Waals surface area contributed by atoms with E-state index in [1.807, 2.05) is 37.3 Å². The van der Waals surface area contributed by atoms with Crippen LogP contribution in [0, 0.1) is 0 Å². The molecule has 152 valence electrons. The monoisotopic (exact) mass is 408 g/mol. The van der Waals surface area contributed by atoms with Gasteiger partial charge in [0.2, 0.25) is 0 Å². The summed E-state index contributed by atoms with van der Waals surface area (Å²) in [6.07, 6.45) is -5.39. The number of aliphatic hydroxyl groups excluding tert-OH is 4. The summed E-state index contributed by atoms with van der Waals surface area (Å²) in [5.74, 6) is 0.799. The SMILES string of the molecule is CCOc1ccc(Cc2cc([C@@H]3OC(CO)[C@@H](O)[C@H](O)C3O)ccc2Cl)cc1. The number of ether oxygens (including phenoxy) is 2. The van der Waals surface area contributed by atoms with Crippen LogP contribution in [-0.2, 0) is 11.2 Å². The molecule has 0 aliphatic carbocycles. The Morgan fingerprint density at radius 1 is 1.00 bits per heavy atom. The second-order valence-corrected chi connectivity index (χ2v) is 7.26. The predicted octanol–water partition coefficient (Wildman–Crippen LogP) is 1.84. The van der Waals surface area contributed by atoms with Crippen molar-refractivity contribution in [3.63, 3.8) is 0 Å². The van der Waals surface area contributed by atoms with Crippen LogP contribution in [0.25, 0.3) is 0 Å². The lowest BCUT2D eigenvalue weighted by Crippen LogP contribution is -2.55. The molecule has 1 heterocycles. The van der Waals surface area contributed by atoms with Gasteiger partial charge in [-0.25, -0.2) is 0 Å². The fourth-order valence-electron chi connectivity index (χ4n) is 3.37. The Labute approximate surface area is 168 Å². The van der Waals surface area contributed by atoms with Gasteiger partial charge in [-0.2, -0.15) is 0 Å². The number of hydrogen-bond acceptors (Lipinski definition) is 6. The van der Waals surface area contributed by atoms with Crippen molar-refractivity contribution in [2.45, 2.75) is 43.9 Å². The number of benzene rings is 2. The van der Waals surface area contributed by atoms with Crippen molar-refractivity contribution in [3.8, 4) is 5.75 Å². The van der Waals surface area contributed by atoms with Crippen molar-refractivity contribution >= 4 is 11.6 Å². The summed E-state index contributed by atoms with van der Waals surface area (Å²) in [5.41, 5.74) is 2.49. The minimum absolute atomic E-state index is 0.464. The molecule has 2 unspecified atom stereocenters. The quantitative estimate of drug-likeness (QED) is 0.582. The molecule has 7 heteroatoms. The van der Waals surface area contributed by atoms with Gasteiger partial charge in [-0.3, -0.25) is 0 Å². The van der Waals surface area contributed by atoms with E-state index in [9.17, 15) is 20.4 Å². The summed E-state index contributed by atoms with van der Waals surface area (Å²) in [5, 5.41) is 40.3. The topological polar surface area (TPSA) is 99.4 Å². The minimum Gasteiger partial charge on any atom is -0.494 e. The maximum Gasteiger partial charge on any atom is 0.119 e. The number of halogens is 1. The van der Waals surface area contributed by atoms with Crippen LogP contribution in [0.15, 0.2) is 42.5 Å². The average molecular weight is 409 g/mol. The van der Waals surface area contributed by atoms with Crippen LogP contribution in [0.5, 0.6) is 5.75 Å². The smallest absolute Gasteiger partial charge is 0.119 e. The second kappa shape index (κ2) is 9.22. The molecule has 5 atom stereocenters. The van der Waals surface area contributed by atoms with Crippen LogP contribution in [-0.4, -0.2) is 58.1 Å². The summed E-state index contributed by atoms with van der Waals surface area (Å²) in [6.45, 7) is 2.07. The predicted molar refractivity (Wildman–Crippen MR) is 105 cm³/mol. The molecule has 4 N–H and O–H groups in total. The maximum absolute atomic E-state index is 10.3. The summed E-state index contributed by atoms with van der Waals surface area (Å²) < 4.78 is 11.1. The van der Waals surface area contributed by atoms with Crippen molar-refractivity contribution < 1.29 is 29.9 Å². The molecule has 0 saturated carbocycles. The standard InChI is InChI=1S/C21H25ClO6/c1-2-27-15-6-3-12(4-7-15)9-14-10-13(5-8-16(14)22)21-20(26)19(25)18(24)17(11-23)28-21/h3-8,10,17-21,23-26H,2,9,11H2,1H3/t17?,18-,19+,20?,21+/m1/s1. The zero-order valence-electron chi connectivity index (χ0n) is 15.5. The third kappa shape index (κ3) is 4.49. The first-order chi connectivity index (χ1) is 13.4. The summed E-state index contributed by atoms with van der Waals surface area (Å²) in [4.78, 5) is 0. The van der Waals surface area contributed by atoms with Crippen molar-refractivity contribution in [2.75, 3.05) is 13.2 Å². The van der Waals surface area contributed by atoms with E-state index in [0.29, 0.717) is 23.6 Å². The van der Waals surface area contributed by atoms with E-state index >= 15 is 0 Å². The van der Waals surface area contributed by atoms with Crippen LogP contribution in [0.2, 0.25) is 5.02 Å². The van der Waals surface area contributed by atoms with Gasteiger partial charge < -0.3 is 29.9 Å². The van der Waals surface area contributed by atoms with E-state index in [-0.39, 0.29) is 0 Å². The molecule has 3 rings (SSSR count). The molecule has 6 nitrogen and oxygen atoms in total. The zero-order chi connectivity index (χ0) is 20.3. The Bertz CT molecular complexity index is 779. The van der Waals surface area contributed by atoms with Crippen molar-refractivity contribution in [3.05, 3.63) is 64.2 Å². The van der Waals surface area contributed by atoms with Crippen LogP contribution in [0.4, 0.5) is 0 Å². The van der Waals surface area contributed by atoms with Crippen molar-refractivity contribution in [1.82, 2.24) is 0 Å². The van der Waals surface area contributed by atoms with Gasteiger partial charge in [-0.1, -0.05) is 35.9 Å². The fraction of sp³-hybridized carbons (Fsp3) is 0.429. The van der Waals surface area contributed by atoms with Gasteiger partial charge in [0.1, 0.15) is 36.3 Å². The lowest BCUT2D eigenvalue weighted by molar-refractivity contribution is -0.231. The molecular weight excluding hydrogens is 384 g/mol. The average Bonchev–Trinajstić information content (AvgIpc) is 2.70. The molecular formula is C21H25ClO6. The normalized spacial score (nSPS) is 27.6. The second-order valence-electron chi connectivity index (χ2n) is 6.85. The first-order valence-corrected chi connectivity index (χ1v) is 9.63. The zero-order valence-corrected chi connectivity index (χ0v) is 16.3. The molecule has 2 aromatic carbocycles. The Hall–Kier alpha value is -1.67. The van der Waals surface area contributed by atoms with Gasteiger partial charge in [0, 0.05) is 5.02 Å². The van der Waals surface area contributed by atoms with E-state index in [1.54, 1.807) is 12.1 Å². The summed E-state index contributed by atoms with van der Waals surface area (Å²) in [7, 11) is 0. The highest BCUT2D eigenvalue weighted by Crippen LogP contribution is 2.34. The highest BCUT2D eigenvalue weighted by atomic mass is 35.5. The molecule has 1 aliphatic rings. The highest BCUT2D eigenvalue weighted by molar-refractivity contribution is 6.31. The van der Waals surface area contributed by atoms with Crippen molar-refractivity contribution in [2.24, 2.45) is 0 Å². The molecule has 0 spiro atoms. The molecule has 0 bridgehead atoms. The van der Waals surface area contributed by atoms with E-state index in [0.717, 1.165) is 16.9 Å². The highest BCUT2D eigenvalue weighted by Gasteiger charge is 2.43. The number of hydrogen-bond donors (Lipinski definition) is 4. The summed E-state index contributed by atoms with van der Waals surface area (Å²) >= 11 is 6.35. The van der Waals surface area contributed by atoms with Crippen LogP contribution < -0.4 is 4.74 Å². The van der Waals surface area contributed by atoms with E-state index in [2.05, 4.69) is 0 Å². The lowest BCUT2D eigenvalue weighted by atomic mass is 9.90. The molecule has 0 aromatic heterocycles. The van der Waals surface area contributed by atoms with Crippen LogP contribution in [0.1, 0.15) is 29.7 Å². The third-order valence-corrected chi connectivity index (χ3v) is 5.29. The van der Waals surface area contributed by atoms with Gasteiger partial charge in [0.25, 0.3) is 0 Å². The van der Waals surface area contributed by atoms with Gasteiger partial charge in [-0.05, 0) is 48.2 Å². The third-order valence-electron chi connectivity index (χ3n) is 4.92. The molecule has 1 fully saturated rings. The Balaban J connectivity index is 1.82. The minimum atomic E-state index is -1.42. The Morgan fingerprint density at radius 2 is 1.71 bits per heavy atom. The van der Waals surface area contributed by atoms with Crippen LogP contribution >= 0.6 is 11.6 Å². The van der Waals surface area contributed by atoms with E-state index < -0.39 is 37.1 Å². The largest absolute Gasteiger partial charge is 0.494 e. The van der Waals surface area contributed by atoms with Crippen molar-refractivity contribution in [1.29, 1.82) is 0 Å². The molecule has 1 saturated heterocycles. The summed E-state index contributed by atoms with van der Waals surface area (Å²) in [6, 6.07) is 12.9. The molecule has 2 aromatic rings. The molecule has 28 heavy (non-hydrogen) atoms. The van der Waals surface area contributed by atoms with Gasteiger partial charge in [0.15, 0.2) is 0 Å². The van der Waals surface area contributed by atoms with Gasteiger partial charge >= 0.3 is 0 Å². The molecule has 0 amide bonds. The Kier molecular flexibility index (Phi) is 6.93. The first kappa shape index (κ1) is 21.0. The number of aliphatic hydroxyl groups is 4. The molecule has 0 radical (unpaired) electrons. The van der Waals surface area contributed by atoms with E-state index in [4.69, 9.17) is 21.1 Å². The van der Waals surface area contributed by atoms with E-state index in [1.165, 1.54) is 0 Å². The number of rotatable bonds is 6.